The quantitative estimate of drug-likeness (QED) is 0.213. The number of nitrogens with one attached hydrogen (secondary N) is 1. The summed E-state index contributed by atoms with van der Waals surface area (Å²) in [5, 5.41) is 7.69. The number of rotatable bonds is 9. The molecule has 0 saturated heterocycles. The van der Waals surface area contributed by atoms with Gasteiger partial charge in [0, 0.05) is 12.0 Å². The number of halogens is 4. The third-order valence-electron chi connectivity index (χ3n) is 6.22. The number of aldehydes is 1. The van der Waals surface area contributed by atoms with Crippen LogP contribution in [0.4, 0.5) is 29.1 Å². The molecule has 1 unspecified atom stereocenters. The summed E-state index contributed by atoms with van der Waals surface area (Å²) in [4.78, 5) is 32.1. The number of carbonyl (C=O) groups excluding carboxylic acids is 2. The number of alkyl halides is 3. The molecule has 0 aliphatic heterocycles. The summed E-state index contributed by atoms with van der Waals surface area (Å²) in [6, 6.07) is 6.22. The van der Waals surface area contributed by atoms with E-state index in [4.69, 9.17) is 15.6 Å². The first kappa shape index (κ1) is 27.5. The van der Waals surface area contributed by atoms with E-state index in [1.807, 2.05) is 6.92 Å². The molecule has 0 aliphatic carbocycles. The van der Waals surface area contributed by atoms with E-state index in [0.29, 0.717) is 47.6 Å². The van der Waals surface area contributed by atoms with Gasteiger partial charge in [0.1, 0.15) is 35.7 Å². The highest BCUT2D eigenvalue weighted by Gasteiger charge is 2.32. The molecule has 204 valence electrons. The van der Waals surface area contributed by atoms with E-state index in [2.05, 4.69) is 15.3 Å². The van der Waals surface area contributed by atoms with Gasteiger partial charge in [-0.25, -0.2) is 19.0 Å². The van der Waals surface area contributed by atoms with Crippen molar-refractivity contribution in [2.75, 3.05) is 18.2 Å². The first-order chi connectivity index (χ1) is 18.6. The van der Waals surface area contributed by atoms with Gasteiger partial charge >= 0.3 is 6.18 Å². The Labute approximate surface area is 220 Å². The van der Waals surface area contributed by atoms with Crippen molar-refractivity contribution < 1.29 is 31.9 Å². The van der Waals surface area contributed by atoms with Crippen LogP contribution >= 0.6 is 0 Å². The first-order valence-electron chi connectivity index (χ1n) is 11.9. The SMILES string of the molecule is CCC(CCC=O)n1nc(-c2ccc(NC(=O)c3ccc(C(F)(F)F)cc3F)c(OC)c2)c2c(N)ncnc21. The summed E-state index contributed by atoms with van der Waals surface area (Å²) in [6.07, 6.45) is -1.000. The zero-order chi connectivity index (χ0) is 28.3. The molecule has 0 aliphatic rings. The number of ether oxygens (including phenoxy) is 1. The van der Waals surface area contributed by atoms with E-state index in [9.17, 15) is 27.2 Å². The minimum atomic E-state index is -4.74. The van der Waals surface area contributed by atoms with Crippen LogP contribution < -0.4 is 15.8 Å². The number of fused-ring (bicyclic) bond motifs is 1. The number of amides is 1. The predicted molar refractivity (Wildman–Crippen MR) is 136 cm³/mol. The van der Waals surface area contributed by atoms with E-state index in [0.717, 1.165) is 12.4 Å². The molecule has 2 aromatic heterocycles. The normalized spacial score (nSPS) is 12.4. The van der Waals surface area contributed by atoms with Gasteiger partial charge in [0.15, 0.2) is 5.65 Å². The van der Waals surface area contributed by atoms with Crippen LogP contribution in [0, 0.1) is 5.82 Å². The number of hydrogen-bond donors (Lipinski definition) is 2. The molecule has 0 saturated carbocycles. The molecule has 1 atom stereocenters. The van der Waals surface area contributed by atoms with Crippen molar-refractivity contribution in [3.8, 4) is 17.0 Å². The Kier molecular flexibility index (Phi) is 7.79. The average molecular weight is 545 g/mol. The van der Waals surface area contributed by atoms with Crippen molar-refractivity contribution in [2.24, 2.45) is 0 Å². The predicted octanol–water partition coefficient (Wildman–Crippen LogP) is 5.42. The van der Waals surface area contributed by atoms with Crippen LogP contribution in [0.1, 0.15) is 48.1 Å². The average Bonchev–Trinajstić information content (AvgIpc) is 3.29. The lowest BCUT2D eigenvalue weighted by atomic mass is 10.1. The Morgan fingerprint density at radius 3 is 2.62 bits per heavy atom. The highest BCUT2D eigenvalue weighted by molar-refractivity contribution is 6.06. The van der Waals surface area contributed by atoms with E-state index in [1.165, 1.54) is 19.5 Å². The van der Waals surface area contributed by atoms with E-state index < -0.39 is 29.0 Å². The fourth-order valence-corrected chi connectivity index (χ4v) is 4.22. The molecule has 0 bridgehead atoms. The maximum Gasteiger partial charge on any atom is 0.416 e. The molecule has 9 nitrogen and oxygen atoms in total. The summed E-state index contributed by atoms with van der Waals surface area (Å²) >= 11 is 0. The minimum Gasteiger partial charge on any atom is -0.495 e. The van der Waals surface area contributed by atoms with Crippen LogP contribution in [0.3, 0.4) is 0 Å². The van der Waals surface area contributed by atoms with Gasteiger partial charge in [0.2, 0.25) is 0 Å². The van der Waals surface area contributed by atoms with Gasteiger partial charge in [0.05, 0.1) is 35.4 Å². The van der Waals surface area contributed by atoms with E-state index in [-0.39, 0.29) is 29.4 Å². The van der Waals surface area contributed by atoms with Gasteiger partial charge in [-0.1, -0.05) is 13.0 Å². The summed E-state index contributed by atoms with van der Waals surface area (Å²) in [7, 11) is 1.36. The van der Waals surface area contributed by atoms with Crippen LogP contribution in [0.5, 0.6) is 5.75 Å². The number of benzene rings is 2. The summed E-state index contributed by atoms with van der Waals surface area (Å²) in [5.41, 5.74) is 6.03. The number of anilines is 2. The lowest BCUT2D eigenvalue weighted by Gasteiger charge is -2.15. The van der Waals surface area contributed by atoms with Gasteiger partial charge in [-0.3, -0.25) is 4.79 Å². The lowest BCUT2D eigenvalue weighted by molar-refractivity contribution is -0.137. The highest BCUT2D eigenvalue weighted by atomic mass is 19.4. The molecule has 2 aromatic carbocycles. The third-order valence-corrected chi connectivity index (χ3v) is 6.22. The number of nitrogens with zero attached hydrogens (tertiary/aromatic N) is 4. The van der Waals surface area contributed by atoms with Crippen LogP contribution in [0.15, 0.2) is 42.7 Å². The Morgan fingerprint density at radius 1 is 1.21 bits per heavy atom. The van der Waals surface area contributed by atoms with Crippen molar-refractivity contribution in [1.29, 1.82) is 0 Å². The second-order valence-corrected chi connectivity index (χ2v) is 8.62. The molecule has 39 heavy (non-hydrogen) atoms. The Balaban J connectivity index is 1.71. The minimum absolute atomic E-state index is 0.125. The van der Waals surface area contributed by atoms with Crippen LogP contribution in [-0.2, 0) is 11.0 Å². The lowest BCUT2D eigenvalue weighted by Crippen LogP contribution is -2.15. The summed E-state index contributed by atoms with van der Waals surface area (Å²) < 4.78 is 60.0. The van der Waals surface area contributed by atoms with Gasteiger partial charge in [-0.05, 0) is 43.2 Å². The monoisotopic (exact) mass is 544 g/mol. The Morgan fingerprint density at radius 2 is 1.97 bits per heavy atom. The number of nitrogen functional groups attached to an aromatic ring is 1. The number of nitrogens with two attached hydrogens (primary N) is 1. The smallest absolute Gasteiger partial charge is 0.416 e. The van der Waals surface area contributed by atoms with Gasteiger partial charge in [-0.15, -0.1) is 0 Å². The molecular weight excluding hydrogens is 520 g/mol. The molecule has 0 spiro atoms. The Bertz CT molecular complexity index is 1540. The van der Waals surface area contributed by atoms with Crippen molar-refractivity contribution in [2.45, 2.75) is 38.4 Å². The second-order valence-electron chi connectivity index (χ2n) is 8.62. The zero-order valence-corrected chi connectivity index (χ0v) is 20.9. The molecule has 1 amide bonds. The van der Waals surface area contributed by atoms with Gasteiger partial charge in [0.25, 0.3) is 5.91 Å². The van der Waals surface area contributed by atoms with Crippen molar-refractivity contribution in [3.63, 3.8) is 0 Å². The molecule has 3 N–H and O–H groups in total. The summed E-state index contributed by atoms with van der Waals surface area (Å²) in [5.74, 6) is -1.90. The maximum atomic E-state index is 14.3. The second kappa shape index (κ2) is 11.1. The highest BCUT2D eigenvalue weighted by Crippen LogP contribution is 2.37. The topological polar surface area (TPSA) is 125 Å². The molecular formula is C26H24F4N6O3. The molecule has 2 heterocycles. The molecule has 0 fully saturated rings. The standard InChI is InChI=1S/C26H24F4N6O3/c1-3-16(5-4-10-37)36-24-21(23(31)32-13-33-24)22(35-36)14-6-9-19(20(11-14)39-2)34-25(38)17-8-7-15(12-18(17)27)26(28,29)30/h6-13,16H,3-5H2,1-2H3,(H,34,38)(H2,31,32,33). The Hall–Kier alpha value is -4.55. The molecule has 0 radical (unpaired) electrons. The number of aromatic nitrogens is 4. The largest absolute Gasteiger partial charge is 0.495 e. The molecule has 13 heteroatoms. The first-order valence-corrected chi connectivity index (χ1v) is 11.9. The van der Waals surface area contributed by atoms with E-state index in [1.54, 1.807) is 16.8 Å². The fraction of sp³-hybridized carbons (Fsp3) is 0.269. The van der Waals surface area contributed by atoms with Crippen LogP contribution in [-0.4, -0.2) is 39.1 Å². The van der Waals surface area contributed by atoms with Gasteiger partial charge < -0.3 is 20.6 Å². The number of methoxy groups -OCH3 is 1. The maximum absolute atomic E-state index is 14.3. The third kappa shape index (κ3) is 5.52. The number of hydrogen-bond acceptors (Lipinski definition) is 7. The van der Waals surface area contributed by atoms with E-state index >= 15 is 0 Å². The molecule has 4 aromatic rings. The van der Waals surface area contributed by atoms with Gasteiger partial charge in [-0.2, -0.15) is 18.3 Å². The van der Waals surface area contributed by atoms with Crippen molar-refractivity contribution in [1.82, 2.24) is 19.7 Å². The summed E-state index contributed by atoms with van der Waals surface area (Å²) in [6.45, 7) is 1.97. The molecule has 4 rings (SSSR count). The van der Waals surface area contributed by atoms with Crippen LogP contribution in [0.25, 0.3) is 22.3 Å². The van der Waals surface area contributed by atoms with Crippen LogP contribution in [0.2, 0.25) is 0 Å². The zero-order valence-electron chi connectivity index (χ0n) is 20.9. The van der Waals surface area contributed by atoms with Crippen molar-refractivity contribution in [3.05, 3.63) is 59.7 Å². The number of carbonyl (C=O) groups is 2. The van der Waals surface area contributed by atoms with Crippen molar-refractivity contribution >= 4 is 34.7 Å². The fourth-order valence-electron chi connectivity index (χ4n) is 4.22.